The van der Waals surface area contributed by atoms with E-state index >= 15 is 0 Å². The van der Waals surface area contributed by atoms with Crippen LogP contribution in [0.5, 0.6) is 0 Å². The molecule has 0 unspecified atom stereocenters. The number of anilines is 2. The zero-order valence-electron chi connectivity index (χ0n) is 14.1. The Hall–Kier alpha value is -2.20. The summed E-state index contributed by atoms with van der Waals surface area (Å²) in [6.07, 6.45) is 0. The quantitative estimate of drug-likeness (QED) is 0.740. The summed E-state index contributed by atoms with van der Waals surface area (Å²) in [5, 5.41) is 8.00. The van der Waals surface area contributed by atoms with Crippen LogP contribution in [0, 0.1) is 0 Å². The van der Waals surface area contributed by atoms with E-state index < -0.39 is 0 Å². The normalized spacial score (nSPS) is 20.8. The smallest absolute Gasteiger partial charge is 0.322 e. The van der Waals surface area contributed by atoms with Crippen LogP contribution in [0.15, 0.2) is 9.05 Å². The first-order valence-electron chi connectivity index (χ1n) is 8.24. The number of nitrogens with zero attached hydrogens (tertiary/aromatic N) is 8. The van der Waals surface area contributed by atoms with Crippen LogP contribution in [-0.4, -0.2) is 96.5 Å². The van der Waals surface area contributed by atoms with E-state index in [-0.39, 0.29) is 0 Å². The van der Waals surface area contributed by atoms with E-state index in [9.17, 15) is 0 Å². The zero-order valence-corrected chi connectivity index (χ0v) is 14.1. The maximum atomic E-state index is 5.37. The van der Waals surface area contributed by atoms with Gasteiger partial charge >= 0.3 is 12.0 Å². The lowest BCUT2D eigenvalue weighted by molar-refractivity contribution is 0.298. The topological polar surface area (TPSA) is 90.8 Å². The van der Waals surface area contributed by atoms with Crippen molar-refractivity contribution in [1.82, 2.24) is 30.1 Å². The number of hydrogen-bond donors (Lipinski definition) is 0. The van der Waals surface area contributed by atoms with Crippen molar-refractivity contribution in [2.24, 2.45) is 0 Å². The third-order valence-electron chi connectivity index (χ3n) is 4.58. The molecule has 0 aromatic carbocycles. The number of piperazine rings is 2. The average molecular weight is 334 g/mol. The van der Waals surface area contributed by atoms with E-state index in [0.29, 0.717) is 23.7 Å². The minimum absolute atomic E-state index is 0.369. The van der Waals surface area contributed by atoms with Gasteiger partial charge in [-0.25, -0.2) is 0 Å². The van der Waals surface area contributed by atoms with Crippen molar-refractivity contribution in [1.29, 1.82) is 0 Å². The lowest BCUT2D eigenvalue weighted by Crippen LogP contribution is -2.44. The first-order valence-corrected chi connectivity index (χ1v) is 8.24. The highest BCUT2D eigenvalue weighted by molar-refractivity contribution is 5.47. The van der Waals surface area contributed by atoms with Gasteiger partial charge in [0, 0.05) is 52.4 Å². The van der Waals surface area contributed by atoms with Gasteiger partial charge < -0.3 is 28.6 Å². The van der Waals surface area contributed by atoms with Gasteiger partial charge in [-0.2, -0.15) is 9.97 Å². The molecule has 0 radical (unpaired) electrons. The van der Waals surface area contributed by atoms with E-state index in [1.807, 2.05) is 0 Å². The van der Waals surface area contributed by atoms with Gasteiger partial charge in [-0.15, -0.1) is 0 Å². The van der Waals surface area contributed by atoms with Crippen LogP contribution in [0.3, 0.4) is 0 Å². The second-order valence-electron chi connectivity index (χ2n) is 6.38. The molecule has 2 aliphatic rings. The van der Waals surface area contributed by atoms with Crippen molar-refractivity contribution >= 4 is 12.0 Å². The molecule has 24 heavy (non-hydrogen) atoms. The predicted molar refractivity (Wildman–Crippen MR) is 87.0 cm³/mol. The van der Waals surface area contributed by atoms with Crippen molar-refractivity contribution in [3.05, 3.63) is 0 Å². The van der Waals surface area contributed by atoms with Gasteiger partial charge in [-0.1, -0.05) is 10.3 Å². The van der Waals surface area contributed by atoms with E-state index in [1.54, 1.807) is 0 Å². The van der Waals surface area contributed by atoms with Gasteiger partial charge in [0.05, 0.1) is 0 Å². The van der Waals surface area contributed by atoms with Crippen molar-refractivity contribution in [3.8, 4) is 11.6 Å². The van der Waals surface area contributed by atoms with Gasteiger partial charge in [0.25, 0.3) is 0 Å². The molecule has 4 rings (SSSR count). The number of hydrogen-bond acceptors (Lipinski definition) is 10. The summed E-state index contributed by atoms with van der Waals surface area (Å²) in [4.78, 5) is 17.5. The second kappa shape index (κ2) is 6.36. The number of likely N-dealkylation sites (N-methyl/N-ethyl adjacent to an activating group) is 2. The molecule has 4 heterocycles. The maximum absolute atomic E-state index is 5.37. The Morgan fingerprint density at radius 3 is 1.38 bits per heavy atom. The summed E-state index contributed by atoms with van der Waals surface area (Å²) >= 11 is 0. The maximum Gasteiger partial charge on any atom is 0.324 e. The molecule has 2 saturated heterocycles. The lowest BCUT2D eigenvalue weighted by Gasteiger charge is -2.30. The SMILES string of the molecule is CN1CCN(c2nc(-c3noc(N4CCN(C)CC4)n3)no2)CC1. The Kier molecular flexibility index (Phi) is 4.07. The third kappa shape index (κ3) is 3.06. The molecular formula is C14H22N8O2. The Morgan fingerprint density at radius 1 is 0.625 bits per heavy atom. The monoisotopic (exact) mass is 334 g/mol. The largest absolute Gasteiger partial charge is 0.324 e. The van der Waals surface area contributed by atoms with E-state index in [1.165, 1.54) is 0 Å². The molecule has 2 aliphatic heterocycles. The van der Waals surface area contributed by atoms with Crippen LogP contribution in [0.4, 0.5) is 12.0 Å². The fourth-order valence-electron chi connectivity index (χ4n) is 2.86. The lowest BCUT2D eigenvalue weighted by atomic mass is 10.3. The van der Waals surface area contributed by atoms with Crippen LogP contribution in [0.1, 0.15) is 0 Å². The number of rotatable bonds is 3. The highest BCUT2D eigenvalue weighted by Crippen LogP contribution is 2.21. The average Bonchev–Trinajstić information content (AvgIpc) is 3.25. The summed E-state index contributed by atoms with van der Waals surface area (Å²) in [6.45, 7) is 7.41. The molecule has 0 spiro atoms. The minimum Gasteiger partial charge on any atom is -0.322 e. The molecule has 0 amide bonds. The van der Waals surface area contributed by atoms with Gasteiger partial charge in [0.1, 0.15) is 0 Å². The van der Waals surface area contributed by atoms with Gasteiger partial charge in [0.2, 0.25) is 11.6 Å². The first-order chi connectivity index (χ1) is 11.7. The summed E-state index contributed by atoms with van der Waals surface area (Å²) in [6, 6.07) is 1.04. The summed E-state index contributed by atoms with van der Waals surface area (Å²) < 4.78 is 10.7. The Bertz CT molecular complexity index is 612. The highest BCUT2D eigenvalue weighted by atomic mass is 16.5. The van der Waals surface area contributed by atoms with Gasteiger partial charge in [-0.3, -0.25) is 0 Å². The molecule has 10 heteroatoms. The van der Waals surface area contributed by atoms with Crippen molar-refractivity contribution in [2.75, 3.05) is 76.3 Å². The highest BCUT2D eigenvalue weighted by Gasteiger charge is 2.24. The minimum atomic E-state index is 0.369. The van der Waals surface area contributed by atoms with Crippen molar-refractivity contribution in [3.63, 3.8) is 0 Å². The van der Waals surface area contributed by atoms with Crippen molar-refractivity contribution in [2.45, 2.75) is 0 Å². The molecule has 2 aromatic heterocycles. The molecule has 0 atom stereocenters. The molecule has 0 N–H and O–H groups in total. The van der Waals surface area contributed by atoms with E-state index in [4.69, 9.17) is 9.05 Å². The second-order valence-corrected chi connectivity index (χ2v) is 6.38. The van der Waals surface area contributed by atoms with Crippen LogP contribution in [0.2, 0.25) is 0 Å². The molecule has 0 aliphatic carbocycles. The van der Waals surface area contributed by atoms with Crippen molar-refractivity contribution < 1.29 is 9.05 Å². The van der Waals surface area contributed by atoms with Gasteiger partial charge in [-0.05, 0) is 14.1 Å². The standard InChI is InChI=1S/C14H22N8O2/c1-19-3-7-21(8-4-19)13-15-11(17-23-13)12-16-14(24-18-12)22-9-5-20(2)6-10-22/h3-10H2,1-2H3. The molecule has 0 bridgehead atoms. The molecule has 2 aromatic rings. The fourth-order valence-corrected chi connectivity index (χ4v) is 2.86. The Morgan fingerprint density at radius 2 is 1.00 bits per heavy atom. The van der Waals surface area contributed by atoms with Crippen LogP contribution >= 0.6 is 0 Å². The van der Waals surface area contributed by atoms with Crippen LogP contribution in [0.25, 0.3) is 11.6 Å². The fraction of sp³-hybridized carbons (Fsp3) is 0.714. The summed E-state index contributed by atoms with van der Waals surface area (Å²) in [5.74, 6) is 0.737. The molecule has 130 valence electrons. The predicted octanol–water partition coefficient (Wildman–Crippen LogP) is -0.377. The van der Waals surface area contributed by atoms with Crippen LogP contribution in [-0.2, 0) is 0 Å². The first kappa shape index (κ1) is 15.3. The summed E-state index contributed by atoms with van der Waals surface area (Å²) in [5.41, 5.74) is 0. The molecular weight excluding hydrogens is 312 g/mol. The van der Waals surface area contributed by atoms with E-state index in [2.05, 4.69) is 54.0 Å². The van der Waals surface area contributed by atoms with E-state index in [0.717, 1.165) is 52.4 Å². The molecule has 10 nitrogen and oxygen atoms in total. The third-order valence-corrected chi connectivity index (χ3v) is 4.58. The Balaban J connectivity index is 1.45. The van der Waals surface area contributed by atoms with Crippen LogP contribution < -0.4 is 9.80 Å². The molecule has 2 fully saturated rings. The summed E-state index contributed by atoms with van der Waals surface area (Å²) in [7, 11) is 4.21. The number of aromatic nitrogens is 4. The molecule has 0 saturated carbocycles. The Labute approximate surface area is 140 Å². The van der Waals surface area contributed by atoms with Gasteiger partial charge in [0.15, 0.2) is 0 Å². The zero-order chi connectivity index (χ0) is 16.5.